The van der Waals surface area contributed by atoms with E-state index in [4.69, 9.17) is 27.9 Å². The number of rotatable bonds is 8. The van der Waals surface area contributed by atoms with Crippen molar-refractivity contribution in [3.63, 3.8) is 0 Å². The van der Waals surface area contributed by atoms with Gasteiger partial charge in [0.05, 0.1) is 14.9 Å². The van der Waals surface area contributed by atoms with E-state index in [2.05, 4.69) is 10.0 Å². The smallest absolute Gasteiger partial charge is 0.262 e. The van der Waals surface area contributed by atoms with Gasteiger partial charge in [-0.15, -0.1) is 0 Å². The maximum Gasteiger partial charge on any atom is 0.262 e. The van der Waals surface area contributed by atoms with Crippen LogP contribution in [0.1, 0.15) is 5.56 Å². The Morgan fingerprint density at radius 1 is 0.900 bits per heavy atom. The van der Waals surface area contributed by atoms with Crippen molar-refractivity contribution in [1.82, 2.24) is 4.72 Å². The quantitative estimate of drug-likeness (QED) is 0.514. The topological polar surface area (TPSA) is 84.5 Å². The van der Waals surface area contributed by atoms with Crippen LogP contribution in [0, 0.1) is 0 Å². The summed E-state index contributed by atoms with van der Waals surface area (Å²) in [6.45, 7) is -0.0606. The highest BCUT2D eigenvalue weighted by molar-refractivity contribution is 7.89. The zero-order chi connectivity index (χ0) is 21.6. The van der Waals surface area contributed by atoms with Gasteiger partial charge in [-0.1, -0.05) is 53.5 Å². The minimum atomic E-state index is -3.66. The molecule has 2 N–H and O–H groups in total. The molecule has 3 rings (SSSR count). The summed E-state index contributed by atoms with van der Waals surface area (Å²) in [7, 11) is -3.66. The molecule has 9 heteroatoms. The summed E-state index contributed by atoms with van der Waals surface area (Å²) in [4.78, 5) is 12.1. The summed E-state index contributed by atoms with van der Waals surface area (Å²) < 4.78 is 32.8. The van der Waals surface area contributed by atoms with Crippen molar-refractivity contribution in [2.75, 3.05) is 11.9 Å². The Bertz CT molecular complexity index is 1120. The summed E-state index contributed by atoms with van der Waals surface area (Å²) in [5.41, 5.74) is 1.35. The summed E-state index contributed by atoms with van der Waals surface area (Å²) in [5, 5.41) is 3.35. The molecule has 30 heavy (non-hydrogen) atoms. The van der Waals surface area contributed by atoms with Gasteiger partial charge in [0, 0.05) is 12.2 Å². The third-order valence-electron chi connectivity index (χ3n) is 4.02. The van der Waals surface area contributed by atoms with E-state index in [0.29, 0.717) is 21.5 Å². The van der Waals surface area contributed by atoms with E-state index >= 15 is 0 Å². The number of hydrogen-bond acceptors (Lipinski definition) is 4. The van der Waals surface area contributed by atoms with Crippen LogP contribution >= 0.6 is 23.2 Å². The molecule has 0 heterocycles. The molecule has 3 aromatic carbocycles. The lowest BCUT2D eigenvalue weighted by molar-refractivity contribution is -0.118. The molecule has 0 bridgehead atoms. The van der Waals surface area contributed by atoms with Crippen molar-refractivity contribution in [3.05, 3.63) is 88.4 Å². The normalized spacial score (nSPS) is 11.1. The molecule has 0 atom stereocenters. The van der Waals surface area contributed by atoms with Crippen LogP contribution in [0.2, 0.25) is 10.0 Å². The van der Waals surface area contributed by atoms with Crippen LogP contribution in [0.15, 0.2) is 77.7 Å². The number of carbonyl (C=O) groups excluding carboxylic acids is 1. The van der Waals surface area contributed by atoms with E-state index in [9.17, 15) is 13.2 Å². The maximum atomic E-state index is 12.4. The Labute approximate surface area is 184 Å². The second-order valence-electron chi connectivity index (χ2n) is 6.25. The Hall–Kier alpha value is -2.58. The predicted molar refractivity (Wildman–Crippen MR) is 117 cm³/mol. The fourth-order valence-electron chi connectivity index (χ4n) is 2.49. The number of carbonyl (C=O) groups is 1. The molecular formula is C21H18Cl2N2O4S. The molecular weight excluding hydrogens is 447 g/mol. The van der Waals surface area contributed by atoms with Gasteiger partial charge >= 0.3 is 0 Å². The van der Waals surface area contributed by atoms with Gasteiger partial charge in [0.15, 0.2) is 6.61 Å². The van der Waals surface area contributed by atoms with Gasteiger partial charge in [-0.3, -0.25) is 4.79 Å². The number of nitrogens with one attached hydrogen (secondary N) is 2. The first-order chi connectivity index (χ1) is 14.3. The first-order valence-electron chi connectivity index (χ1n) is 8.85. The zero-order valence-electron chi connectivity index (χ0n) is 15.6. The molecule has 0 fully saturated rings. The number of halogens is 2. The van der Waals surface area contributed by atoms with Gasteiger partial charge < -0.3 is 10.1 Å². The Kier molecular flexibility index (Phi) is 7.33. The molecule has 0 aliphatic carbocycles. The molecule has 6 nitrogen and oxygen atoms in total. The van der Waals surface area contributed by atoms with Gasteiger partial charge in [-0.05, 0) is 48.0 Å². The van der Waals surface area contributed by atoms with Crippen LogP contribution < -0.4 is 14.8 Å². The fourth-order valence-corrected chi connectivity index (χ4v) is 3.81. The standard InChI is InChI=1S/C21H18Cl2N2O4S/c22-19-11-6-16(12-20(19)23)25-21(26)14-29-17-7-9-18(10-8-17)30(27,28)24-13-15-4-2-1-3-5-15/h1-12,24H,13-14H2,(H,25,26). The number of anilines is 1. The Morgan fingerprint density at radius 2 is 1.60 bits per heavy atom. The third-order valence-corrected chi connectivity index (χ3v) is 6.17. The van der Waals surface area contributed by atoms with Crippen LogP contribution in [-0.4, -0.2) is 20.9 Å². The molecule has 0 spiro atoms. The molecule has 0 aliphatic heterocycles. The van der Waals surface area contributed by atoms with Gasteiger partial charge in [0.1, 0.15) is 5.75 Å². The molecule has 0 radical (unpaired) electrons. The monoisotopic (exact) mass is 464 g/mol. The molecule has 3 aromatic rings. The summed E-state index contributed by atoms with van der Waals surface area (Å²) in [6.07, 6.45) is 0. The molecule has 0 saturated heterocycles. The van der Waals surface area contributed by atoms with Gasteiger partial charge in [-0.2, -0.15) is 0 Å². The SMILES string of the molecule is O=C(COc1ccc(S(=O)(=O)NCc2ccccc2)cc1)Nc1ccc(Cl)c(Cl)c1. The van der Waals surface area contributed by atoms with Gasteiger partial charge in [0.25, 0.3) is 5.91 Å². The van der Waals surface area contributed by atoms with Gasteiger partial charge in [-0.25, -0.2) is 13.1 Å². The zero-order valence-corrected chi connectivity index (χ0v) is 18.0. The van der Waals surface area contributed by atoms with Crippen molar-refractivity contribution < 1.29 is 17.9 Å². The van der Waals surface area contributed by atoms with Crippen LogP contribution in [0.25, 0.3) is 0 Å². The second-order valence-corrected chi connectivity index (χ2v) is 8.83. The van der Waals surface area contributed by atoms with E-state index in [1.54, 1.807) is 12.1 Å². The van der Waals surface area contributed by atoms with Crippen LogP contribution in [0.5, 0.6) is 5.75 Å². The van der Waals surface area contributed by atoms with E-state index in [1.165, 1.54) is 30.3 Å². The van der Waals surface area contributed by atoms with Crippen molar-refractivity contribution >= 4 is 44.8 Å². The molecule has 0 aliphatic rings. The van der Waals surface area contributed by atoms with E-state index in [1.807, 2.05) is 30.3 Å². The highest BCUT2D eigenvalue weighted by Crippen LogP contribution is 2.25. The minimum absolute atomic E-state index is 0.103. The highest BCUT2D eigenvalue weighted by atomic mass is 35.5. The summed E-state index contributed by atoms with van der Waals surface area (Å²) in [6, 6.07) is 19.8. The maximum absolute atomic E-state index is 12.4. The van der Waals surface area contributed by atoms with Gasteiger partial charge in [0.2, 0.25) is 10.0 Å². The van der Waals surface area contributed by atoms with Crippen molar-refractivity contribution in [1.29, 1.82) is 0 Å². The molecule has 156 valence electrons. The largest absolute Gasteiger partial charge is 0.484 e. The van der Waals surface area contributed by atoms with Crippen LogP contribution in [0.3, 0.4) is 0 Å². The molecule has 0 saturated carbocycles. The van der Waals surface area contributed by atoms with E-state index < -0.39 is 15.9 Å². The Morgan fingerprint density at radius 3 is 2.27 bits per heavy atom. The average Bonchev–Trinajstić information content (AvgIpc) is 2.74. The summed E-state index contributed by atoms with van der Waals surface area (Å²) >= 11 is 11.7. The van der Waals surface area contributed by atoms with Crippen molar-refractivity contribution in [2.24, 2.45) is 0 Å². The number of hydrogen-bond donors (Lipinski definition) is 2. The lowest BCUT2D eigenvalue weighted by Crippen LogP contribution is -2.23. The third kappa shape index (κ3) is 6.21. The van der Waals surface area contributed by atoms with Crippen LogP contribution in [-0.2, 0) is 21.4 Å². The Balaban J connectivity index is 1.53. The number of amides is 1. The van der Waals surface area contributed by atoms with E-state index in [-0.39, 0.29) is 18.0 Å². The van der Waals surface area contributed by atoms with E-state index in [0.717, 1.165) is 5.56 Å². The average molecular weight is 465 g/mol. The summed E-state index contributed by atoms with van der Waals surface area (Å²) in [5.74, 6) is -0.0316. The molecule has 1 amide bonds. The minimum Gasteiger partial charge on any atom is -0.484 e. The van der Waals surface area contributed by atoms with Crippen molar-refractivity contribution in [3.8, 4) is 5.75 Å². The molecule has 0 aromatic heterocycles. The first kappa shape index (κ1) is 22.1. The number of ether oxygens (including phenoxy) is 1. The first-order valence-corrected chi connectivity index (χ1v) is 11.1. The second kappa shape index (κ2) is 9.95. The fraction of sp³-hybridized carbons (Fsp3) is 0.0952. The lowest BCUT2D eigenvalue weighted by Gasteiger charge is -2.10. The predicted octanol–water partition coefficient (Wildman–Crippen LogP) is 4.49. The highest BCUT2D eigenvalue weighted by Gasteiger charge is 2.14. The van der Waals surface area contributed by atoms with Crippen LogP contribution in [0.4, 0.5) is 5.69 Å². The molecule has 0 unspecified atom stereocenters. The lowest BCUT2D eigenvalue weighted by atomic mass is 10.2. The van der Waals surface area contributed by atoms with Crippen molar-refractivity contribution in [2.45, 2.75) is 11.4 Å². The number of benzene rings is 3. The number of sulfonamides is 1.